The van der Waals surface area contributed by atoms with Gasteiger partial charge in [-0.15, -0.1) is 0 Å². The molecule has 2 aromatic carbocycles. The predicted molar refractivity (Wildman–Crippen MR) is 151 cm³/mol. The Morgan fingerprint density at radius 3 is 1.89 bits per heavy atom. The molecule has 13 nitrogen and oxygen atoms in total. The van der Waals surface area contributed by atoms with E-state index >= 15 is 0 Å². The molecule has 0 unspecified atom stereocenters. The highest BCUT2D eigenvalue weighted by molar-refractivity contribution is 6.00. The minimum Gasteiger partial charge on any atom is -0.507 e. The van der Waals surface area contributed by atoms with Crippen LogP contribution in [0, 0.1) is 0 Å². The number of carbonyl (C=O) groups excluding carboxylic acids is 5. The van der Waals surface area contributed by atoms with Crippen molar-refractivity contribution >= 4 is 29.7 Å². The Kier molecular flexibility index (Phi) is 11.7. The van der Waals surface area contributed by atoms with Crippen molar-refractivity contribution in [2.75, 3.05) is 6.61 Å². The van der Waals surface area contributed by atoms with Crippen LogP contribution in [0.25, 0.3) is 0 Å². The lowest BCUT2D eigenvalue weighted by molar-refractivity contribution is -0.288. The Hall–Kier alpha value is -4.65. The standard InChI is InChI=1S/C31H36O13/c1-16(2)39-22-9-7-21(8-10-22)13-25(36)24-12-11-23(14-26(24)37)43-31-30(42-20(6)35)29(41-19(5)34)28(40-18(4)33)27(44-31)15-38-17(3)32/h7-12,14,16,27-31,37H,13,15H2,1-6H3/t27-,28-,29+,30-,31-/m0/s1. The van der Waals surface area contributed by atoms with E-state index in [-0.39, 0.29) is 29.6 Å². The topological polar surface area (TPSA) is 170 Å². The molecule has 3 rings (SSSR count). The van der Waals surface area contributed by atoms with Crippen LogP contribution < -0.4 is 9.47 Å². The second-order valence-electron chi connectivity index (χ2n) is 10.3. The van der Waals surface area contributed by atoms with Gasteiger partial charge in [0.1, 0.15) is 30.0 Å². The van der Waals surface area contributed by atoms with Gasteiger partial charge in [0, 0.05) is 40.2 Å². The minimum absolute atomic E-state index is 0.00450. The van der Waals surface area contributed by atoms with Crippen molar-refractivity contribution in [1.82, 2.24) is 0 Å². The SMILES string of the molecule is CC(=O)OC[C@@H]1O[C@H](Oc2ccc(C(=O)Cc3ccc(OC(C)C)cc3)c(O)c2)[C@@H](OC(C)=O)[C@H](OC(C)=O)[C@H]1OC(C)=O. The maximum atomic E-state index is 13.0. The molecule has 1 heterocycles. The van der Waals surface area contributed by atoms with E-state index in [1.54, 1.807) is 24.3 Å². The summed E-state index contributed by atoms with van der Waals surface area (Å²) >= 11 is 0. The van der Waals surface area contributed by atoms with Crippen LogP contribution in [0.3, 0.4) is 0 Å². The highest BCUT2D eigenvalue weighted by Gasteiger charge is 2.53. The summed E-state index contributed by atoms with van der Waals surface area (Å²) in [6, 6.07) is 10.9. The number of ether oxygens (including phenoxy) is 7. The van der Waals surface area contributed by atoms with Gasteiger partial charge in [-0.3, -0.25) is 24.0 Å². The second kappa shape index (κ2) is 15.2. The molecule has 0 saturated carbocycles. The first-order chi connectivity index (χ1) is 20.7. The fourth-order valence-electron chi connectivity index (χ4n) is 4.48. The number of phenols is 1. The Labute approximate surface area is 254 Å². The first-order valence-corrected chi connectivity index (χ1v) is 13.8. The number of hydrogen-bond donors (Lipinski definition) is 1. The number of ketones is 1. The molecule has 1 aliphatic heterocycles. The third kappa shape index (κ3) is 9.69. The molecular formula is C31H36O13. The van der Waals surface area contributed by atoms with Gasteiger partial charge < -0.3 is 38.3 Å². The normalized spacial score (nSPS) is 21.1. The van der Waals surface area contributed by atoms with Crippen LogP contribution in [0.2, 0.25) is 0 Å². The molecule has 0 radical (unpaired) electrons. The maximum Gasteiger partial charge on any atom is 0.303 e. The smallest absolute Gasteiger partial charge is 0.303 e. The number of phenolic OH excluding ortho intramolecular Hbond substituents is 1. The number of benzene rings is 2. The van der Waals surface area contributed by atoms with Crippen LogP contribution in [-0.4, -0.2) is 78.2 Å². The molecule has 1 aliphatic rings. The molecule has 0 bridgehead atoms. The monoisotopic (exact) mass is 616 g/mol. The molecule has 0 amide bonds. The minimum atomic E-state index is -1.50. The number of esters is 4. The van der Waals surface area contributed by atoms with Crippen LogP contribution in [-0.2, 0) is 49.3 Å². The van der Waals surface area contributed by atoms with Crippen LogP contribution >= 0.6 is 0 Å². The number of carbonyl (C=O) groups is 5. The summed E-state index contributed by atoms with van der Waals surface area (Å²) < 4.78 is 38.6. The predicted octanol–water partition coefficient (Wildman–Crippen LogP) is 3.07. The lowest BCUT2D eigenvalue weighted by atomic mass is 9.98. The van der Waals surface area contributed by atoms with Crippen LogP contribution in [0.15, 0.2) is 42.5 Å². The summed E-state index contributed by atoms with van der Waals surface area (Å²) in [5.74, 6) is -3.11. The van der Waals surface area contributed by atoms with Gasteiger partial charge in [-0.2, -0.15) is 0 Å². The largest absolute Gasteiger partial charge is 0.507 e. The fraction of sp³-hybridized carbons (Fsp3) is 0.452. The van der Waals surface area contributed by atoms with E-state index in [1.165, 1.54) is 18.2 Å². The second-order valence-corrected chi connectivity index (χ2v) is 10.3. The van der Waals surface area contributed by atoms with E-state index < -0.39 is 66.9 Å². The van der Waals surface area contributed by atoms with E-state index in [0.717, 1.165) is 27.7 Å². The van der Waals surface area contributed by atoms with E-state index in [4.69, 9.17) is 33.2 Å². The van der Waals surface area contributed by atoms with Gasteiger partial charge in [-0.05, 0) is 43.7 Å². The first kappa shape index (κ1) is 33.8. The molecule has 0 spiro atoms. The van der Waals surface area contributed by atoms with Gasteiger partial charge in [-0.1, -0.05) is 12.1 Å². The third-order valence-electron chi connectivity index (χ3n) is 6.13. The van der Waals surface area contributed by atoms with E-state index in [9.17, 15) is 29.1 Å². The van der Waals surface area contributed by atoms with Crippen molar-refractivity contribution in [3.63, 3.8) is 0 Å². The van der Waals surface area contributed by atoms with Crippen molar-refractivity contribution in [2.45, 2.75) is 84.8 Å². The molecule has 0 aromatic heterocycles. The summed E-state index contributed by atoms with van der Waals surface area (Å²) in [5, 5.41) is 10.7. The summed E-state index contributed by atoms with van der Waals surface area (Å²) in [6.07, 6.45) is -6.92. The van der Waals surface area contributed by atoms with Gasteiger partial charge in [0.15, 0.2) is 18.0 Å². The lowest BCUT2D eigenvalue weighted by Gasteiger charge is -2.43. The van der Waals surface area contributed by atoms with Crippen molar-refractivity contribution in [3.8, 4) is 17.2 Å². The van der Waals surface area contributed by atoms with Crippen molar-refractivity contribution in [1.29, 1.82) is 0 Å². The zero-order valence-electron chi connectivity index (χ0n) is 25.3. The molecule has 5 atom stereocenters. The van der Waals surface area contributed by atoms with Crippen LogP contribution in [0.5, 0.6) is 17.2 Å². The Morgan fingerprint density at radius 2 is 1.34 bits per heavy atom. The zero-order chi connectivity index (χ0) is 32.6. The Balaban J connectivity index is 1.86. The highest BCUT2D eigenvalue weighted by Crippen LogP contribution is 2.33. The number of Topliss-reactive ketones (excluding diaryl/α,β-unsaturated/α-hetero) is 1. The molecule has 0 aliphatic carbocycles. The van der Waals surface area contributed by atoms with Crippen LogP contribution in [0.4, 0.5) is 0 Å². The summed E-state index contributed by atoms with van der Waals surface area (Å²) in [4.78, 5) is 60.4. The zero-order valence-corrected chi connectivity index (χ0v) is 25.3. The third-order valence-corrected chi connectivity index (χ3v) is 6.13. The quantitative estimate of drug-likeness (QED) is 0.210. The molecule has 1 fully saturated rings. The van der Waals surface area contributed by atoms with Crippen molar-refractivity contribution < 1.29 is 62.2 Å². The van der Waals surface area contributed by atoms with Crippen molar-refractivity contribution in [2.24, 2.45) is 0 Å². The average Bonchev–Trinajstić information content (AvgIpc) is 2.91. The van der Waals surface area contributed by atoms with E-state index in [2.05, 4.69) is 0 Å². The number of rotatable bonds is 12. The summed E-state index contributed by atoms with van der Waals surface area (Å²) in [7, 11) is 0. The van der Waals surface area contributed by atoms with Gasteiger partial charge in [0.05, 0.1) is 11.7 Å². The van der Waals surface area contributed by atoms with Crippen LogP contribution in [0.1, 0.15) is 57.5 Å². The van der Waals surface area contributed by atoms with E-state index in [0.29, 0.717) is 11.3 Å². The summed E-state index contributed by atoms with van der Waals surface area (Å²) in [6.45, 7) is 7.85. The van der Waals surface area contributed by atoms with Crippen molar-refractivity contribution in [3.05, 3.63) is 53.6 Å². The first-order valence-electron chi connectivity index (χ1n) is 13.8. The number of aromatic hydroxyl groups is 1. The van der Waals surface area contributed by atoms with E-state index in [1.807, 2.05) is 13.8 Å². The molecule has 2 aromatic rings. The Bertz CT molecular complexity index is 1350. The summed E-state index contributed by atoms with van der Waals surface area (Å²) in [5.41, 5.74) is 0.740. The molecule has 1 saturated heterocycles. The highest BCUT2D eigenvalue weighted by atomic mass is 16.7. The number of hydrogen-bond acceptors (Lipinski definition) is 13. The molecule has 44 heavy (non-hydrogen) atoms. The Morgan fingerprint density at radius 1 is 0.773 bits per heavy atom. The van der Waals surface area contributed by atoms with Gasteiger partial charge in [0.25, 0.3) is 0 Å². The lowest BCUT2D eigenvalue weighted by Crippen LogP contribution is -2.63. The maximum absolute atomic E-state index is 13.0. The molecule has 13 heteroatoms. The molecular weight excluding hydrogens is 580 g/mol. The molecule has 1 N–H and O–H groups in total. The molecule has 238 valence electrons. The fourth-order valence-corrected chi connectivity index (χ4v) is 4.48. The van der Waals surface area contributed by atoms with Gasteiger partial charge in [0.2, 0.25) is 12.4 Å². The van der Waals surface area contributed by atoms with Gasteiger partial charge >= 0.3 is 23.9 Å². The average molecular weight is 617 g/mol. The van der Waals surface area contributed by atoms with Gasteiger partial charge in [-0.25, -0.2) is 0 Å².